The van der Waals surface area contributed by atoms with E-state index >= 15 is 0 Å². The number of benzene rings is 2. The number of ether oxygens (including phenoxy) is 1. The minimum absolute atomic E-state index is 0.0855. The Labute approximate surface area is 121 Å². The molecule has 2 aromatic rings. The lowest BCUT2D eigenvalue weighted by molar-refractivity contribution is 0.403. The first-order valence-corrected chi connectivity index (χ1v) is 6.51. The molecule has 0 amide bonds. The van der Waals surface area contributed by atoms with Crippen LogP contribution in [0.3, 0.4) is 0 Å². The van der Waals surface area contributed by atoms with Crippen LogP contribution >= 0.6 is 0 Å². The average molecular weight is 295 g/mol. The first kappa shape index (κ1) is 15.4. The van der Waals surface area contributed by atoms with Crippen molar-refractivity contribution in [3.63, 3.8) is 0 Å². The van der Waals surface area contributed by atoms with E-state index in [9.17, 15) is 13.2 Å². The lowest BCUT2D eigenvalue weighted by atomic mass is 9.97. The molecule has 2 aromatic carbocycles. The molecule has 112 valence electrons. The monoisotopic (exact) mass is 295 g/mol. The van der Waals surface area contributed by atoms with Gasteiger partial charge in [0.15, 0.2) is 17.5 Å². The molecule has 5 heteroatoms. The van der Waals surface area contributed by atoms with Crippen molar-refractivity contribution in [2.24, 2.45) is 0 Å². The summed E-state index contributed by atoms with van der Waals surface area (Å²) in [7, 11) is 3.19. The standard InChI is InChI=1S/C16H16F3NO/c1-20-13(9-10-5-3-4-6-14(10)21-2)11-7-8-12(17)16(19)15(11)18/h3-8,13,20H,9H2,1-2H3. The number of halogens is 3. The summed E-state index contributed by atoms with van der Waals surface area (Å²) in [6.07, 6.45) is 0.391. The summed E-state index contributed by atoms with van der Waals surface area (Å²) < 4.78 is 45.5. The lowest BCUT2D eigenvalue weighted by Crippen LogP contribution is -2.21. The van der Waals surface area contributed by atoms with Gasteiger partial charge < -0.3 is 10.1 Å². The largest absolute Gasteiger partial charge is 0.496 e. The van der Waals surface area contributed by atoms with Gasteiger partial charge in [-0.15, -0.1) is 0 Å². The maximum absolute atomic E-state index is 13.9. The van der Waals surface area contributed by atoms with Crippen molar-refractivity contribution in [3.8, 4) is 5.75 Å². The predicted molar refractivity (Wildman–Crippen MR) is 74.8 cm³/mol. The maximum atomic E-state index is 13.9. The molecule has 0 aromatic heterocycles. The zero-order valence-electron chi connectivity index (χ0n) is 11.8. The van der Waals surface area contributed by atoms with Gasteiger partial charge in [0.25, 0.3) is 0 Å². The van der Waals surface area contributed by atoms with Crippen LogP contribution in [0.25, 0.3) is 0 Å². The van der Waals surface area contributed by atoms with E-state index in [0.717, 1.165) is 11.6 Å². The van der Waals surface area contributed by atoms with Crippen LogP contribution in [0.15, 0.2) is 36.4 Å². The topological polar surface area (TPSA) is 21.3 Å². The number of methoxy groups -OCH3 is 1. The third-order valence-corrected chi connectivity index (χ3v) is 3.41. The minimum atomic E-state index is -1.45. The third kappa shape index (κ3) is 3.19. The van der Waals surface area contributed by atoms with Gasteiger partial charge in [-0.2, -0.15) is 0 Å². The summed E-state index contributed by atoms with van der Waals surface area (Å²) in [6, 6.07) is 9.01. The normalized spacial score (nSPS) is 12.2. The van der Waals surface area contributed by atoms with E-state index in [1.54, 1.807) is 20.2 Å². The fourth-order valence-corrected chi connectivity index (χ4v) is 2.27. The Balaban J connectivity index is 2.35. The molecule has 0 heterocycles. The smallest absolute Gasteiger partial charge is 0.194 e. The van der Waals surface area contributed by atoms with E-state index in [2.05, 4.69) is 5.32 Å². The number of hydrogen-bond acceptors (Lipinski definition) is 2. The third-order valence-electron chi connectivity index (χ3n) is 3.41. The van der Waals surface area contributed by atoms with Crippen molar-refractivity contribution < 1.29 is 17.9 Å². The molecule has 0 bridgehead atoms. The van der Waals surface area contributed by atoms with Crippen molar-refractivity contribution in [3.05, 3.63) is 65.0 Å². The molecule has 0 aliphatic heterocycles. The molecule has 0 saturated heterocycles. The van der Waals surface area contributed by atoms with Crippen LogP contribution in [0.4, 0.5) is 13.2 Å². The summed E-state index contributed by atoms with van der Waals surface area (Å²) in [5.41, 5.74) is 0.936. The van der Waals surface area contributed by atoms with E-state index in [1.807, 2.05) is 18.2 Å². The van der Waals surface area contributed by atoms with Crippen LogP contribution in [0.5, 0.6) is 5.75 Å². The highest BCUT2D eigenvalue weighted by Gasteiger charge is 2.21. The Morgan fingerprint density at radius 1 is 1.05 bits per heavy atom. The Morgan fingerprint density at radius 2 is 1.76 bits per heavy atom. The van der Waals surface area contributed by atoms with Gasteiger partial charge in [0.2, 0.25) is 0 Å². The molecular weight excluding hydrogens is 279 g/mol. The van der Waals surface area contributed by atoms with Gasteiger partial charge in [-0.1, -0.05) is 24.3 Å². The van der Waals surface area contributed by atoms with Gasteiger partial charge in [-0.3, -0.25) is 0 Å². The Morgan fingerprint density at radius 3 is 2.43 bits per heavy atom. The summed E-state index contributed by atoms with van der Waals surface area (Å²) in [6.45, 7) is 0. The van der Waals surface area contributed by atoms with Crippen LogP contribution in [0, 0.1) is 17.5 Å². The predicted octanol–water partition coefficient (Wildman–Crippen LogP) is 3.62. The van der Waals surface area contributed by atoms with Crippen molar-refractivity contribution >= 4 is 0 Å². The van der Waals surface area contributed by atoms with E-state index in [1.165, 1.54) is 6.07 Å². The zero-order chi connectivity index (χ0) is 15.4. The quantitative estimate of drug-likeness (QED) is 0.851. The zero-order valence-corrected chi connectivity index (χ0v) is 11.8. The molecule has 2 rings (SSSR count). The second-order valence-corrected chi connectivity index (χ2v) is 4.62. The number of rotatable bonds is 5. The van der Waals surface area contributed by atoms with Gasteiger partial charge in [-0.05, 0) is 31.2 Å². The first-order valence-electron chi connectivity index (χ1n) is 6.51. The second kappa shape index (κ2) is 6.63. The highest BCUT2D eigenvalue weighted by Crippen LogP contribution is 2.27. The van der Waals surface area contributed by atoms with Crippen LogP contribution < -0.4 is 10.1 Å². The summed E-state index contributed by atoms with van der Waals surface area (Å²) in [5.74, 6) is -3.14. The fourth-order valence-electron chi connectivity index (χ4n) is 2.27. The molecule has 1 N–H and O–H groups in total. The molecule has 0 spiro atoms. The van der Waals surface area contributed by atoms with E-state index in [-0.39, 0.29) is 5.56 Å². The number of hydrogen-bond donors (Lipinski definition) is 1. The summed E-state index contributed by atoms with van der Waals surface area (Å²) >= 11 is 0. The lowest BCUT2D eigenvalue weighted by Gasteiger charge is -2.19. The highest BCUT2D eigenvalue weighted by molar-refractivity contribution is 5.35. The minimum Gasteiger partial charge on any atom is -0.496 e. The van der Waals surface area contributed by atoms with Crippen LogP contribution in [-0.2, 0) is 6.42 Å². The van der Waals surface area contributed by atoms with Gasteiger partial charge in [0.1, 0.15) is 5.75 Å². The molecule has 0 aliphatic rings. The number of para-hydroxylation sites is 1. The molecular formula is C16H16F3NO. The molecule has 1 atom stereocenters. The van der Waals surface area contributed by atoms with E-state index in [0.29, 0.717) is 12.2 Å². The molecule has 2 nitrogen and oxygen atoms in total. The molecule has 0 fully saturated rings. The van der Waals surface area contributed by atoms with Gasteiger partial charge in [-0.25, -0.2) is 13.2 Å². The molecule has 0 aliphatic carbocycles. The molecule has 21 heavy (non-hydrogen) atoms. The fraction of sp³-hybridized carbons (Fsp3) is 0.250. The van der Waals surface area contributed by atoms with Crippen LogP contribution in [0.1, 0.15) is 17.2 Å². The van der Waals surface area contributed by atoms with Gasteiger partial charge in [0, 0.05) is 11.6 Å². The average Bonchev–Trinajstić information content (AvgIpc) is 2.51. The molecule has 0 radical (unpaired) electrons. The maximum Gasteiger partial charge on any atom is 0.194 e. The first-order chi connectivity index (χ1) is 10.1. The van der Waals surface area contributed by atoms with Crippen molar-refractivity contribution in [2.45, 2.75) is 12.5 Å². The van der Waals surface area contributed by atoms with Crippen molar-refractivity contribution in [2.75, 3.05) is 14.2 Å². The molecule has 1 unspecified atom stereocenters. The number of likely N-dealkylation sites (N-methyl/N-ethyl adjacent to an activating group) is 1. The van der Waals surface area contributed by atoms with Crippen LogP contribution in [0.2, 0.25) is 0 Å². The second-order valence-electron chi connectivity index (χ2n) is 4.62. The molecule has 0 saturated carbocycles. The highest BCUT2D eigenvalue weighted by atomic mass is 19.2. The summed E-state index contributed by atoms with van der Waals surface area (Å²) in [4.78, 5) is 0. The SMILES string of the molecule is CNC(Cc1ccccc1OC)c1ccc(F)c(F)c1F. The van der Waals surface area contributed by atoms with Gasteiger partial charge in [0.05, 0.1) is 7.11 Å². The van der Waals surface area contributed by atoms with Crippen LogP contribution in [-0.4, -0.2) is 14.2 Å². The Kier molecular flexibility index (Phi) is 4.85. The van der Waals surface area contributed by atoms with Gasteiger partial charge >= 0.3 is 0 Å². The van der Waals surface area contributed by atoms with E-state index in [4.69, 9.17) is 4.74 Å². The van der Waals surface area contributed by atoms with Crippen molar-refractivity contribution in [1.82, 2.24) is 5.32 Å². The Hall–Kier alpha value is -2.01. The number of nitrogens with one attached hydrogen (secondary N) is 1. The van der Waals surface area contributed by atoms with Crippen molar-refractivity contribution in [1.29, 1.82) is 0 Å². The summed E-state index contributed by atoms with van der Waals surface area (Å²) in [5, 5.41) is 2.92. The Bertz CT molecular complexity index is 631. The van der Waals surface area contributed by atoms with E-state index < -0.39 is 23.5 Å².